The lowest BCUT2D eigenvalue weighted by atomic mass is 10.1. The lowest BCUT2D eigenvalue weighted by Gasteiger charge is -2.15. The molecule has 8 nitrogen and oxygen atoms in total. The van der Waals surface area contributed by atoms with E-state index < -0.39 is 18.0 Å². The first-order valence-corrected chi connectivity index (χ1v) is 8.92. The van der Waals surface area contributed by atoms with E-state index in [1.807, 2.05) is 6.07 Å². The number of amides is 2. The minimum absolute atomic E-state index is 0.346. The fourth-order valence-electron chi connectivity index (χ4n) is 2.53. The van der Waals surface area contributed by atoms with E-state index in [0.29, 0.717) is 22.7 Å². The zero-order valence-electron chi connectivity index (χ0n) is 16.8. The van der Waals surface area contributed by atoms with Crippen LogP contribution in [-0.2, 0) is 14.3 Å². The van der Waals surface area contributed by atoms with Crippen LogP contribution in [0.1, 0.15) is 22.8 Å². The number of carbonyl (C=O) groups is 3. The number of anilines is 1. The van der Waals surface area contributed by atoms with Crippen LogP contribution in [0.4, 0.5) is 5.69 Å². The highest BCUT2D eigenvalue weighted by molar-refractivity contribution is 5.98. The topological polar surface area (TPSA) is 103 Å². The molecule has 0 saturated heterocycles. The summed E-state index contributed by atoms with van der Waals surface area (Å²) in [7, 11) is 2.99. The Morgan fingerprint density at radius 2 is 1.69 bits per heavy atom. The number of benzene rings is 2. The lowest BCUT2D eigenvalue weighted by Crippen LogP contribution is -2.36. The van der Waals surface area contributed by atoms with E-state index in [9.17, 15) is 14.4 Å². The molecule has 2 rings (SSSR count). The highest BCUT2D eigenvalue weighted by Crippen LogP contribution is 2.29. The molecule has 1 unspecified atom stereocenters. The van der Waals surface area contributed by atoms with Crippen LogP contribution in [0.25, 0.3) is 0 Å². The quantitative estimate of drug-likeness (QED) is 0.659. The molecule has 8 heteroatoms. The van der Waals surface area contributed by atoms with E-state index in [1.165, 1.54) is 21.1 Å². The molecule has 0 aliphatic rings. The smallest absolute Gasteiger partial charge is 0.326 e. The second kappa shape index (κ2) is 10.1. The molecule has 29 heavy (non-hydrogen) atoms. The SMILES string of the molecule is COc1ccc(NC(=O)C(C)OC(=O)CNC(=O)c2ccccc2C)cc1OC. The Balaban J connectivity index is 1.86. The first-order chi connectivity index (χ1) is 13.8. The number of carbonyl (C=O) groups excluding carboxylic acids is 3. The predicted molar refractivity (Wildman–Crippen MR) is 107 cm³/mol. The number of ether oxygens (including phenoxy) is 3. The predicted octanol–water partition coefficient (Wildman–Crippen LogP) is 2.31. The maximum atomic E-state index is 12.3. The number of nitrogens with one attached hydrogen (secondary N) is 2. The van der Waals surface area contributed by atoms with Crippen LogP contribution in [0, 0.1) is 6.92 Å². The molecule has 0 aromatic heterocycles. The summed E-state index contributed by atoms with van der Waals surface area (Å²) in [5.74, 6) is -0.650. The van der Waals surface area contributed by atoms with Crippen LogP contribution >= 0.6 is 0 Å². The largest absolute Gasteiger partial charge is 0.493 e. The summed E-state index contributed by atoms with van der Waals surface area (Å²) in [4.78, 5) is 36.3. The number of esters is 1. The number of hydrogen-bond donors (Lipinski definition) is 2. The van der Waals surface area contributed by atoms with Gasteiger partial charge in [-0.2, -0.15) is 0 Å². The van der Waals surface area contributed by atoms with E-state index in [4.69, 9.17) is 14.2 Å². The van der Waals surface area contributed by atoms with Crippen LogP contribution in [0.2, 0.25) is 0 Å². The zero-order chi connectivity index (χ0) is 21.4. The number of aryl methyl sites for hydroxylation is 1. The van der Waals surface area contributed by atoms with Crippen molar-refractivity contribution < 1.29 is 28.6 Å². The van der Waals surface area contributed by atoms with Crippen LogP contribution < -0.4 is 20.1 Å². The maximum Gasteiger partial charge on any atom is 0.326 e. The van der Waals surface area contributed by atoms with E-state index >= 15 is 0 Å². The highest BCUT2D eigenvalue weighted by atomic mass is 16.5. The number of methoxy groups -OCH3 is 2. The van der Waals surface area contributed by atoms with Gasteiger partial charge >= 0.3 is 5.97 Å². The van der Waals surface area contributed by atoms with Crippen molar-refractivity contribution in [1.29, 1.82) is 0 Å². The van der Waals surface area contributed by atoms with Crippen molar-refractivity contribution in [3.05, 3.63) is 53.6 Å². The van der Waals surface area contributed by atoms with Crippen LogP contribution in [0.3, 0.4) is 0 Å². The molecule has 0 aliphatic carbocycles. The van der Waals surface area contributed by atoms with Crippen LogP contribution in [0.5, 0.6) is 11.5 Å². The Kier molecular flexibility index (Phi) is 7.59. The summed E-state index contributed by atoms with van der Waals surface area (Å²) in [5, 5.41) is 5.12. The summed E-state index contributed by atoms with van der Waals surface area (Å²) in [6.07, 6.45) is -1.05. The molecule has 2 amide bonds. The van der Waals surface area contributed by atoms with Gasteiger partial charge in [-0.25, -0.2) is 0 Å². The molecule has 2 aromatic carbocycles. The molecule has 0 fully saturated rings. The Morgan fingerprint density at radius 1 is 1.00 bits per heavy atom. The van der Waals surface area contributed by atoms with E-state index in [0.717, 1.165) is 5.56 Å². The molecular formula is C21H24N2O6. The third-order valence-electron chi connectivity index (χ3n) is 4.11. The van der Waals surface area contributed by atoms with Crippen molar-refractivity contribution in [1.82, 2.24) is 5.32 Å². The molecule has 2 N–H and O–H groups in total. The first-order valence-electron chi connectivity index (χ1n) is 8.92. The van der Waals surface area contributed by atoms with Crippen LogP contribution in [0.15, 0.2) is 42.5 Å². The summed E-state index contributed by atoms with van der Waals surface area (Å²) in [6, 6.07) is 11.9. The van der Waals surface area contributed by atoms with Crippen molar-refractivity contribution in [2.75, 3.05) is 26.1 Å². The minimum atomic E-state index is -1.05. The molecule has 0 aliphatic heterocycles. The van der Waals surface area contributed by atoms with Gasteiger partial charge < -0.3 is 24.8 Å². The van der Waals surface area contributed by atoms with Gasteiger partial charge in [0.2, 0.25) is 0 Å². The van der Waals surface area contributed by atoms with Gasteiger partial charge in [-0.1, -0.05) is 18.2 Å². The second-order valence-electron chi connectivity index (χ2n) is 6.19. The highest BCUT2D eigenvalue weighted by Gasteiger charge is 2.19. The normalized spacial score (nSPS) is 11.2. The minimum Gasteiger partial charge on any atom is -0.493 e. The van der Waals surface area contributed by atoms with E-state index in [-0.39, 0.29) is 12.5 Å². The summed E-state index contributed by atoms with van der Waals surface area (Å²) in [6.45, 7) is 2.89. The van der Waals surface area contributed by atoms with Crippen molar-refractivity contribution >= 4 is 23.5 Å². The molecule has 2 aromatic rings. The first kappa shape index (κ1) is 21.7. The van der Waals surface area contributed by atoms with Gasteiger partial charge in [0.15, 0.2) is 17.6 Å². The van der Waals surface area contributed by atoms with E-state index in [2.05, 4.69) is 10.6 Å². The number of rotatable bonds is 8. The van der Waals surface area contributed by atoms with Gasteiger partial charge in [-0.3, -0.25) is 14.4 Å². The third-order valence-corrected chi connectivity index (χ3v) is 4.11. The summed E-state index contributed by atoms with van der Waals surface area (Å²) >= 11 is 0. The van der Waals surface area contributed by atoms with Gasteiger partial charge in [0, 0.05) is 17.3 Å². The van der Waals surface area contributed by atoms with Gasteiger partial charge in [-0.15, -0.1) is 0 Å². The molecule has 0 bridgehead atoms. The Bertz CT molecular complexity index is 896. The summed E-state index contributed by atoms with van der Waals surface area (Å²) < 4.78 is 15.4. The van der Waals surface area contributed by atoms with Gasteiger partial charge in [0.1, 0.15) is 6.54 Å². The second-order valence-corrected chi connectivity index (χ2v) is 6.19. The van der Waals surface area contributed by atoms with Gasteiger partial charge in [0.25, 0.3) is 11.8 Å². The monoisotopic (exact) mass is 400 g/mol. The average molecular weight is 400 g/mol. The molecule has 154 valence electrons. The van der Waals surface area contributed by atoms with Crippen molar-refractivity contribution in [2.24, 2.45) is 0 Å². The molecule has 0 radical (unpaired) electrons. The fourth-order valence-corrected chi connectivity index (χ4v) is 2.53. The molecule has 1 atom stereocenters. The van der Waals surface area contributed by atoms with Gasteiger partial charge in [0.05, 0.1) is 14.2 Å². The lowest BCUT2D eigenvalue weighted by molar-refractivity contribution is -0.152. The molecular weight excluding hydrogens is 376 g/mol. The van der Waals surface area contributed by atoms with Gasteiger partial charge in [-0.05, 0) is 37.6 Å². The molecule has 0 heterocycles. The summed E-state index contributed by atoms with van der Waals surface area (Å²) in [5.41, 5.74) is 1.73. The van der Waals surface area contributed by atoms with Crippen molar-refractivity contribution in [2.45, 2.75) is 20.0 Å². The fraction of sp³-hybridized carbons (Fsp3) is 0.286. The van der Waals surface area contributed by atoms with Crippen molar-refractivity contribution in [3.63, 3.8) is 0 Å². The van der Waals surface area contributed by atoms with Crippen molar-refractivity contribution in [3.8, 4) is 11.5 Å². The van der Waals surface area contributed by atoms with Crippen LogP contribution in [-0.4, -0.2) is 44.7 Å². The third kappa shape index (κ3) is 5.97. The molecule has 0 spiro atoms. The zero-order valence-corrected chi connectivity index (χ0v) is 16.8. The molecule has 0 saturated carbocycles. The Morgan fingerprint density at radius 3 is 2.34 bits per heavy atom. The Labute approximate surface area is 169 Å². The number of hydrogen-bond acceptors (Lipinski definition) is 6. The maximum absolute atomic E-state index is 12.3. The van der Waals surface area contributed by atoms with E-state index in [1.54, 1.807) is 43.3 Å². The standard InChI is InChI=1S/C21H24N2O6/c1-13-7-5-6-8-16(13)21(26)22-12-19(24)29-14(2)20(25)23-15-9-10-17(27-3)18(11-15)28-4/h5-11,14H,12H2,1-4H3,(H,22,26)(H,23,25). The Hall–Kier alpha value is -3.55. The average Bonchev–Trinajstić information content (AvgIpc) is 2.72.